The van der Waals surface area contributed by atoms with E-state index in [2.05, 4.69) is 92.0 Å². The quantitative estimate of drug-likeness (QED) is 0.547. The van der Waals surface area contributed by atoms with Gasteiger partial charge in [-0.2, -0.15) is 0 Å². The van der Waals surface area contributed by atoms with Gasteiger partial charge in [0.2, 0.25) is 0 Å². The largest absolute Gasteiger partial charge is 0.497 e. The smallest absolute Gasteiger partial charge is 0.119 e. The lowest BCUT2D eigenvalue weighted by Crippen LogP contribution is -2.37. The second kappa shape index (κ2) is 7.32. The summed E-state index contributed by atoms with van der Waals surface area (Å²) in [6.07, 6.45) is 0. The second-order valence-corrected chi connectivity index (χ2v) is 8.75. The summed E-state index contributed by atoms with van der Waals surface area (Å²) in [5.74, 6) is 0.906. The molecule has 1 N–H and O–H groups in total. The van der Waals surface area contributed by atoms with E-state index in [1.165, 1.54) is 21.7 Å². The molecule has 0 fully saturated rings. The van der Waals surface area contributed by atoms with Gasteiger partial charge >= 0.3 is 0 Å². The molecule has 2 nitrogen and oxygen atoms in total. The van der Waals surface area contributed by atoms with Crippen molar-refractivity contribution in [2.45, 2.75) is 30.0 Å². The molecule has 4 rings (SSSR count). The lowest BCUT2D eigenvalue weighted by atomic mass is 9.72. The van der Waals surface area contributed by atoms with Crippen molar-refractivity contribution in [3.8, 4) is 5.75 Å². The molecule has 1 heterocycles. The fraction of sp³-hybridized carbons (Fsp3) is 0.250. The van der Waals surface area contributed by atoms with Crippen LogP contribution in [-0.2, 0) is 0 Å². The summed E-state index contributed by atoms with van der Waals surface area (Å²) in [6, 6.07) is 28.1. The van der Waals surface area contributed by atoms with E-state index in [0.717, 1.165) is 5.75 Å². The number of fused-ring (bicyclic) bond motifs is 1. The van der Waals surface area contributed by atoms with Crippen LogP contribution in [0.15, 0.2) is 83.8 Å². The number of nitrogens with one attached hydrogen (secondary N) is 1. The van der Waals surface area contributed by atoms with E-state index < -0.39 is 0 Å². The molecule has 27 heavy (non-hydrogen) atoms. The van der Waals surface area contributed by atoms with Gasteiger partial charge in [-0.1, -0.05) is 62.4 Å². The highest BCUT2D eigenvalue weighted by molar-refractivity contribution is 7.99. The third-order valence-corrected chi connectivity index (χ3v) is 7.03. The predicted octanol–water partition coefficient (Wildman–Crippen LogP) is 6.72. The number of anilines is 1. The number of hydrogen-bond donors (Lipinski definition) is 1. The summed E-state index contributed by atoms with van der Waals surface area (Å²) in [5.41, 5.74) is 3.82. The molecule has 3 aromatic rings. The molecule has 2 unspecified atom stereocenters. The maximum absolute atomic E-state index is 5.52. The van der Waals surface area contributed by atoms with Crippen LogP contribution >= 0.6 is 11.8 Å². The van der Waals surface area contributed by atoms with Gasteiger partial charge in [-0.25, -0.2) is 0 Å². The van der Waals surface area contributed by atoms with E-state index >= 15 is 0 Å². The van der Waals surface area contributed by atoms with Gasteiger partial charge in [0.1, 0.15) is 5.75 Å². The topological polar surface area (TPSA) is 21.3 Å². The van der Waals surface area contributed by atoms with Crippen molar-refractivity contribution in [2.24, 2.45) is 5.41 Å². The van der Waals surface area contributed by atoms with Crippen molar-refractivity contribution >= 4 is 17.4 Å². The molecule has 2 atom stereocenters. The van der Waals surface area contributed by atoms with Crippen LogP contribution in [0.2, 0.25) is 0 Å². The van der Waals surface area contributed by atoms with Crippen LogP contribution < -0.4 is 10.1 Å². The first kappa shape index (κ1) is 18.0. The minimum atomic E-state index is 0.00122. The van der Waals surface area contributed by atoms with Crippen LogP contribution in [-0.4, -0.2) is 7.11 Å². The standard InChI is InChI=1S/C24H25NOS/c1-24(2)22(17-10-6-4-7-11-17)25-21-15-14-18(26-3)16-20(21)23(24)27-19-12-8-5-9-13-19/h4-16,22-23,25H,1-3H3. The highest BCUT2D eigenvalue weighted by Crippen LogP contribution is 2.59. The molecule has 0 amide bonds. The van der Waals surface area contributed by atoms with Gasteiger partial charge < -0.3 is 10.1 Å². The number of thioether (sulfide) groups is 1. The summed E-state index contributed by atoms with van der Waals surface area (Å²) in [5, 5.41) is 4.10. The molecule has 0 aromatic heterocycles. The number of rotatable bonds is 4. The van der Waals surface area contributed by atoms with Gasteiger partial charge in [0, 0.05) is 21.2 Å². The normalized spacial score (nSPS) is 20.4. The number of ether oxygens (including phenoxy) is 1. The fourth-order valence-corrected chi connectivity index (χ4v) is 5.27. The van der Waals surface area contributed by atoms with Crippen molar-refractivity contribution in [1.82, 2.24) is 0 Å². The Labute approximate surface area is 166 Å². The third kappa shape index (κ3) is 3.44. The van der Waals surface area contributed by atoms with Gasteiger partial charge in [-0.05, 0) is 41.5 Å². The summed E-state index contributed by atoms with van der Waals surface area (Å²) >= 11 is 1.94. The van der Waals surface area contributed by atoms with Crippen molar-refractivity contribution < 1.29 is 4.74 Å². The highest BCUT2D eigenvalue weighted by atomic mass is 32.2. The van der Waals surface area contributed by atoms with Gasteiger partial charge in [0.15, 0.2) is 0 Å². The van der Waals surface area contributed by atoms with Crippen LogP contribution in [0.3, 0.4) is 0 Å². The van der Waals surface area contributed by atoms with E-state index in [1.807, 2.05) is 17.8 Å². The van der Waals surface area contributed by atoms with Gasteiger partial charge in [0.05, 0.1) is 13.2 Å². The zero-order valence-corrected chi connectivity index (χ0v) is 16.8. The highest BCUT2D eigenvalue weighted by Gasteiger charge is 2.44. The number of methoxy groups -OCH3 is 1. The summed E-state index contributed by atoms with van der Waals surface area (Å²) in [7, 11) is 1.73. The molecule has 0 bridgehead atoms. The van der Waals surface area contributed by atoms with E-state index in [0.29, 0.717) is 5.25 Å². The SMILES string of the molecule is COc1ccc2c(c1)C(Sc1ccccc1)C(C)(C)C(c1ccccc1)N2. The summed E-state index contributed by atoms with van der Waals surface area (Å²) in [4.78, 5) is 1.29. The predicted molar refractivity (Wildman–Crippen MR) is 115 cm³/mol. The zero-order chi connectivity index (χ0) is 18.9. The molecule has 0 radical (unpaired) electrons. The number of benzene rings is 3. The Bertz CT molecular complexity index is 908. The van der Waals surface area contributed by atoms with Crippen LogP contribution in [0.4, 0.5) is 5.69 Å². The zero-order valence-electron chi connectivity index (χ0n) is 16.0. The van der Waals surface area contributed by atoms with E-state index in [4.69, 9.17) is 4.74 Å². The molecule has 0 saturated carbocycles. The average molecular weight is 376 g/mol. The van der Waals surface area contributed by atoms with E-state index in [1.54, 1.807) is 7.11 Å². The average Bonchev–Trinajstić information content (AvgIpc) is 2.71. The fourth-order valence-electron chi connectivity index (χ4n) is 3.92. The Hall–Kier alpha value is -2.39. The van der Waals surface area contributed by atoms with Crippen molar-refractivity contribution in [1.29, 1.82) is 0 Å². The molecule has 3 aromatic carbocycles. The van der Waals surface area contributed by atoms with Gasteiger partial charge in [-0.3, -0.25) is 0 Å². The van der Waals surface area contributed by atoms with Crippen LogP contribution in [0.5, 0.6) is 5.75 Å². The summed E-state index contributed by atoms with van der Waals surface area (Å²) in [6.45, 7) is 4.72. The van der Waals surface area contributed by atoms with E-state index in [-0.39, 0.29) is 11.5 Å². The molecule has 0 spiro atoms. The first-order chi connectivity index (χ1) is 13.1. The Balaban J connectivity index is 1.82. The Morgan fingerprint density at radius 1 is 0.889 bits per heavy atom. The van der Waals surface area contributed by atoms with Crippen molar-refractivity contribution in [3.63, 3.8) is 0 Å². The van der Waals surface area contributed by atoms with Crippen molar-refractivity contribution in [2.75, 3.05) is 12.4 Å². The van der Waals surface area contributed by atoms with Crippen LogP contribution in [0.1, 0.15) is 36.3 Å². The monoisotopic (exact) mass is 375 g/mol. The maximum Gasteiger partial charge on any atom is 0.119 e. The number of hydrogen-bond acceptors (Lipinski definition) is 3. The van der Waals surface area contributed by atoms with Crippen LogP contribution in [0, 0.1) is 5.41 Å². The van der Waals surface area contributed by atoms with E-state index in [9.17, 15) is 0 Å². The Kier molecular flexibility index (Phi) is 4.88. The molecule has 1 aliphatic heterocycles. The molecular formula is C24H25NOS. The summed E-state index contributed by atoms with van der Waals surface area (Å²) < 4.78 is 5.52. The molecular weight excluding hydrogens is 350 g/mol. The molecule has 0 saturated heterocycles. The minimum absolute atomic E-state index is 0.00122. The minimum Gasteiger partial charge on any atom is -0.497 e. The Morgan fingerprint density at radius 2 is 1.56 bits per heavy atom. The lowest BCUT2D eigenvalue weighted by Gasteiger charge is -2.47. The first-order valence-electron chi connectivity index (χ1n) is 9.30. The molecule has 3 heteroatoms. The maximum atomic E-state index is 5.52. The van der Waals surface area contributed by atoms with Gasteiger partial charge in [0.25, 0.3) is 0 Å². The lowest BCUT2D eigenvalue weighted by molar-refractivity contribution is 0.287. The van der Waals surface area contributed by atoms with Crippen LogP contribution in [0.25, 0.3) is 0 Å². The molecule has 1 aliphatic rings. The molecule has 138 valence electrons. The van der Waals surface area contributed by atoms with Crippen molar-refractivity contribution in [3.05, 3.63) is 90.0 Å². The van der Waals surface area contributed by atoms with Gasteiger partial charge in [-0.15, -0.1) is 11.8 Å². The molecule has 0 aliphatic carbocycles. The third-order valence-electron chi connectivity index (χ3n) is 5.39. The first-order valence-corrected chi connectivity index (χ1v) is 10.2. The Morgan fingerprint density at radius 3 is 2.22 bits per heavy atom. The second-order valence-electron chi connectivity index (χ2n) is 7.57.